The molecular formula is C22H21NO6S2. The predicted molar refractivity (Wildman–Crippen MR) is 123 cm³/mol. The van der Waals surface area contributed by atoms with Crippen LogP contribution in [-0.4, -0.2) is 55.9 Å². The van der Waals surface area contributed by atoms with Crippen LogP contribution in [0.1, 0.15) is 15.9 Å². The first-order valence-electron chi connectivity index (χ1n) is 9.14. The van der Waals surface area contributed by atoms with Gasteiger partial charge in [0.2, 0.25) is 5.75 Å². The minimum atomic E-state index is -0.328. The van der Waals surface area contributed by atoms with Gasteiger partial charge in [0.15, 0.2) is 17.3 Å². The third-order valence-corrected chi connectivity index (χ3v) is 5.95. The van der Waals surface area contributed by atoms with Gasteiger partial charge in [-0.15, -0.1) is 0 Å². The summed E-state index contributed by atoms with van der Waals surface area (Å²) < 4.78 is 21.5. The monoisotopic (exact) mass is 459 g/mol. The summed E-state index contributed by atoms with van der Waals surface area (Å²) in [5.41, 5.74) is 1.15. The lowest BCUT2D eigenvalue weighted by Crippen LogP contribution is -2.33. The van der Waals surface area contributed by atoms with E-state index in [1.165, 1.54) is 26.2 Å². The fourth-order valence-electron chi connectivity index (χ4n) is 2.98. The van der Waals surface area contributed by atoms with E-state index in [1.54, 1.807) is 49.6 Å². The van der Waals surface area contributed by atoms with Crippen LogP contribution < -0.4 is 18.9 Å². The molecule has 2 aromatic rings. The molecule has 1 aliphatic rings. The van der Waals surface area contributed by atoms with Gasteiger partial charge in [0.25, 0.3) is 5.91 Å². The summed E-state index contributed by atoms with van der Waals surface area (Å²) in [6, 6.07) is 10.2. The topological polar surface area (TPSA) is 74.3 Å². The molecule has 1 amide bonds. The van der Waals surface area contributed by atoms with Crippen molar-refractivity contribution in [2.24, 2.45) is 0 Å². The van der Waals surface area contributed by atoms with Crippen LogP contribution in [0.25, 0.3) is 6.08 Å². The molecule has 0 N–H and O–H groups in total. The van der Waals surface area contributed by atoms with Crippen molar-refractivity contribution in [1.29, 1.82) is 0 Å². The van der Waals surface area contributed by atoms with Gasteiger partial charge in [0, 0.05) is 5.56 Å². The second kappa shape index (κ2) is 9.84. The van der Waals surface area contributed by atoms with Gasteiger partial charge >= 0.3 is 0 Å². The first-order chi connectivity index (χ1) is 14.9. The second-order valence-corrected chi connectivity index (χ2v) is 8.05. The van der Waals surface area contributed by atoms with Crippen LogP contribution in [0.4, 0.5) is 0 Å². The molecular weight excluding hydrogens is 438 g/mol. The minimum absolute atomic E-state index is 0.135. The zero-order chi connectivity index (χ0) is 22.5. The number of ether oxygens (including phenoxy) is 4. The van der Waals surface area contributed by atoms with E-state index in [9.17, 15) is 9.59 Å². The van der Waals surface area contributed by atoms with Crippen molar-refractivity contribution in [3.05, 3.63) is 52.4 Å². The van der Waals surface area contributed by atoms with Crippen LogP contribution >= 0.6 is 24.0 Å². The molecule has 1 heterocycles. The number of Topliss-reactive ketones (excluding diaryl/α,β-unsaturated/α-hetero) is 1. The lowest BCUT2D eigenvalue weighted by Gasteiger charge is -2.14. The number of rotatable bonds is 8. The number of carbonyl (C=O) groups is 2. The molecule has 3 rings (SSSR count). The molecule has 0 saturated carbocycles. The number of nitrogens with zero attached hydrogens (tertiary/aromatic N) is 1. The zero-order valence-electron chi connectivity index (χ0n) is 17.5. The second-order valence-electron chi connectivity index (χ2n) is 6.38. The highest BCUT2D eigenvalue weighted by molar-refractivity contribution is 8.26. The van der Waals surface area contributed by atoms with Crippen molar-refractivity contribution in [3.63, 3.8) is 0 Å². The van der Waals surface area contributed by atoms with E-state index < -0.39 is 0 Å². The molecule has 0 radical (unpaired) electrons. The first-order valence-corrected chi connectivity index (χ1v) is 10.4. The van der Waals surface area contributed by atoms with Crippen molar-refractivity contribution in [1.82, 2.24) is 4.90 Å². The lowest BCUT2D eigenvalue weighted by molar-refractivity contribution is -0.121. The Morgan fingerprint density at radius 3 is 2.13 bits per heavy atom. The summed E-state index contributed by atoms with van der Waals surface area (Å²) in [7, 11) is 6.11. The Labute approximate surface area is 189 Å². The van der Waals surface area contributed by atoms with Crippen molar-refractivity contribution < 1.29 is 28.5 Å². The summed E-state index contributed by atoms with van der Waals surface area (Å²) in [6.07, 6.45) is 1.68. The molecule has 1 saturated heterocycles. The standard InChI is InChI=1S/C22H21NO6S2/c1-26-15-7-5-14(6-8-15)16(24)12-23-21(25)19(31-22(23)30)11-13-9-17(27-2)20(29-4)18(10-13)28-3/h5-11H,12H2,1-4H3/b19-11+. The molecule has 2 aromatic carbocycles. The Balaban J connectivity index is 1.82. The Bertz CT molecular complexity index is 1020. The van der Waals surface area contributed by atoms with Crippen molar-refractivity contribution in [2.75, 3.05) is 35.0 Å². The summed E-state index contributed by atoms with van der Waals surface area (Å²) in [4.78, 5) is 27.2. The largest absolute Gasteiger partial charge is 0.497 e. The molecule has 0 bridgehead atoms. The van der Waals surface area contributed by atoms with Gasteiger partial charge in [0.05, 0.1) is 39.9 Å². The van der Waals surface area contributed by atoms with E-state index in [-0.39, 0.29) is 18.2 Å². The maximum absolute atomic E-state index is 12.9. The van der Waals surface area contributed by atoms with E-state index in [4.69, 9.17) is 31.2 Å². The molecule has 0 aromatic heterocycles. The number of hydrogen-bond acceptors (Lipinski definition) is 8. The van der Waals surface area contributed by atoms with E-state index in [0.717, 1.165) is 11.8 Å². The molecule has 0 spiro atoms. The zero-order valence-corrected chi connectivity index (χ0v) is 19.1. The maximum Gasteiger partial charge on any atom is 0.266 e. The van der Waals surface area contributed by atoms with Gasteiger partial charge in [-0.05, 0) is 48.0 Å². The number of thiocarbonyl (C=S) groups is 1. The van der Waals surface area contributed by atoms with Gasteiger partial charge in [-0.1, -0.05) is 24.0 Å². The van der Waals surface area contributed by atoms with Gasteiger partial charge < -0.3 is 18.9 Å². The Hall–Kier alpha value is -3.04. The third kappa shape index (κ3) is 4.83. The molecule has 0 aliphatic carbocycles. The van der Waals surface area contributed by atoms with Crippen LogP contribution in [0, 0.1) is 0 Å². The Morgan fingerprint density at radius 1 is 1.00 bits per heavy atom. The molecule has 7 nitrogen and oxygen atoms in total. The average molecular weight is 460 g/mol. The van der Waals surface area contributed by atoms with Crippen LogP contribution in [0.3, 0.4) is 0 Å². The lowest BCUT2D eigenvalue weighted by atomic mass is 10.1. The summed E-state index contributed by atoms with van der Waals surface area (Å²) >= 11 is 6.48. The van der Waals surface area contributed by atoms with E-state index >= 15 is 0 Å². The van der Waals surface area contributed by atoms with Crippen molar-refractivity contribution in [2.45, 2.75) is 0 Å². The number of thioether (sulfide) groups is 1. The fourth-order valence-corrected chi connectivity index (χ4v) is 4.24. The van der Waals surface area contributed by atoms with E-state index in [2.05, 4.69) is 0 Å². The molecule has 0 unspecified atom stereocenters. The molecule has 162 valence electrons. The Kier molecular flexibility index (Phi) is 7.19. The number of ketones is 1. The minimum Gasteiger partial charge on any atom is -0.497 e. The number of hydrogen-bond donors (Lipinski definition) is 0. The van der Waals surface area contributed by atoms with Crippen molar-refractivity contribution in [3.8, 4) is 23.0 Å². The van der Waals surface area contributed by atoms with Crippen molar-refractivity contribution >= 4 is 46.1 Å². The van der Waals surface area contributed by atoms with Crippen LogP contribution in [0.15, 0.2) is 41.3 Å². The average Bonchev–Trinajstić information content (AvgIpc) is 3.05. The Morgan fingerprint density at radius 2 is 1.61 bits per heavy atom. The summed E-state index contributed by atoms with van der Waals surface area (Å²) in [5.74, 6) is 1.50. The van der Waals surface area contributed by atoms with Gasteiger partial charge in [-0.2, -0.15) is 0 Å². The molecule has 9 heteroatoms. The summed E-state index contributed by atoms with van der Waals surface area (Å²) in [6.45, 7) is -0.135. The molecule has 1 fully saturated rings. The number of methoxy groups -OCH3 is 4. The maximum atomic E-state index is 12.9. The van der Waals surface area contributed by atoms with Crippen LogP contribution in [0.2, 0.25) is 0 Å². The van der Waals surface area contributed by atoms with Gasteiger partial charge in [0.1, 0.15) is 10.1 Å². The fraction of sp³-hybridized carbons (Fsp3) is 0.227. The third-order valence-electron chi connectivity index (χ3n) is 4.57. The quantitative estimate of drug-likeness (QED) is 0.335. The highest BCUT2D eigenvalue weighted by Gasteiger charge is 2.33. The number of amides is 1. The predicted octanol–water partition coefficient (Wildman–Crippen LogP) is 3.81. The number of carbonyl (C=O) groups excluding carboxylic acids is 2. The summed E-state index contributed by atoms with van der Waals surface area (Å²) in [5, 5.41) is 0. The highest BCUT2D eigenvalue weighted by atomic mass is 32.2. The molecule has 1 aliphatic heterocycles. The molecule has 31 heavy (non-hydrogen) atoms. The van der Waals surface area contributed by atoms with Gasteiger partial charge in [-0.25, -0.2) is 0 Å². The van der Waals surface area contributed by atoms with E-state index in [0.29, 0.717) is 43.4 Å². The number of benzene rings is 2. The SMILES string of the molecule is COc1ccc(C(=O)CN2C(=O)/C(=C\c3cc(OC)c(OC)c(OC)c3)SC2=S)cc1. The normalized spacial score (nSPS) is 14.7. The first kappa shape index (κ1) is 22.6. The van der Waals surface area contributed by atoms with Crippen LogP contribution in [-0.2, 0) is 4.79 Å². The molecule has 0 atom stereocenters. The van der Waals surface area contributed by atoms with Gasteiger partial charge in [-0.3, -0.25) is 14.5 Å². The smallest absolute Gasteiger partial charge is 0.266 e. The van der Waals surface area contributed by atoms with E-state index in [1.807, 2.05) is 0 Å². The van der Waals surface area contributed by atoms with Crippen LogP contribution in [0.5, 0.6) is 23.0 Å². The highest BCUT2D eigenvalue weighted by Crippen LogP contribution is 2.40.